The van der Waals surface area contributed by atoms with Crippen LogP contribution in [0.5, 0.6) is 0 Å². The summed E-state index contributed by atoms with van der Waals surface area (Å²) in [4.78, 5) is 0. The van der Waals surface area contributed by atoms with Gasteiger partial charge in [0.2, 0.25) is 0 Å². The van der Waals surface area contributed by atoms with E-state index in [0.717, 1.165) is 0 Å². The summed E-state index contributed by atoms with van der Waals surface area (Å²) in [6.07, 6.45) is 2.97. The van der Waals surface area contributed by atoms with E-state index >= 15 is 0 Å². The zero-order chi connectivity index (χ0) is 33.0. The average Bonchev–Trinajstić information content (AvgIpc) is 3.60. The topological polar surface area (TPSA) is 52.0 Å². The van der Waals surface area contributed by atoms with Gasteiger partial charge in [-0.15, -0.1) is 0 Å². The summed E-state index contributed by atoms with van der Waals surface area (Å²) in [6, 6.07) is 52.5. The molecule has 0 bridgehead atoms. The van der Waals surface area contributed by atoms with Gasteiger partial charge in [-0.25, -0.2) is 0 Å². The molecule has 2 aliphatic rings. The highest BCUT2D eigenvalue weighted by Crippen LogP contribution is 2.64. The van der Waals surface area contributed by atoms with Crippen LogP contribution in [-0.2, 0) is 5.41 Å². The fourth-order valence-corrected chi connectivity index (χ4v) is 7.81. The first-order valence-corrected chi connectivity index (χ1v) is 16.3. The van der Waals surface area contributed by atoms with Gasteiger partial charge in [-0.3, -0.25) is 0 Å². The van der Waals surface area contributed by atoms with E-state index in [4.69, 9.17) is 11.5 Å². The van der Waals surface area contributed by atoms with Gasteiger partial charge >= 0.3 is 0 Å². The van der Waals surface area contributed by atoms with Gasteiger partial charge in [-0.05, 0) is 114 Å². The maximum absolute atomic E-state index is 5.29. The van der Waals surface area contributed by atoms with E-state index in [0.29, 0.717) is 11.4 Å². The molecule has 9 rings (SSSR count). The van der Waals surface area contributed by atoms with E-state index < -0.39 is 0 Å². The first-order chi connectivity index (χ1) is 23.4. The third kappa shape index (κ3) is 4.27. The first-order valence-electron chi connectivity index (χ1n) is 16.3. The summed E-state index contributed by atoms with van der Waals surface area (Å²) < 4.78 is 0. The first kappa shape index (κ1) is 29.3. The largest absolute Gasteiger partial charge is 0.397 e. The van der Waals surface area contributed by atoms with Crippen LogP contribution in [0.2, 0.25) is 0 Å². The Morgan fingerprint density at radius 3 is 1.75 bits per heavy atom. The second-order valence-electron chi connectivity index (χ2n) is 12.7. The number of allylic oxidation sites excluding steroid dienone is 2. The van der Waals surface area contributed by atoms with Crippen LogP contribution in [-0.4, -0.2) is 0 Å². The number of fused-ring (bicyclic) bond motifs is 13. The molecule has 2 nitrogen and oxygen atoms in total. The van der Waals surface area contributed by atoms with Crippen molar-refractivity contribution in [2.75, 3.05) is 0 Å². The standard InChI is InChI=1S/C40H26.C6H10N2/c1-25-14-16-26(17-15-25)28-18-19-29-23-34-38(24-30(29)22-28)40(37-21-20-27-8-2-3-9-31(27)39(34)37)35-12-6-4-10-32(35)33-11-5-7-13-36(33)40;1-3-5(7)6(8)4-2/h2-24H,1H3;3-4H,1-2,7-8H2/b;6-5-. The van der Waals surface area contributed by atoms with Crippen LogP contribution >= 0.6 is 0 Å². The molecular weight excluding hydrogens is 581 g/mol. The normalized spacial score (nSPS) is 13.5. The molecule has 4 N–H and O–H groups in total. The van der Waals surface area contributed by atoms with Crippen LogP contribution in [0.4, 0.5) is 0 Å². The highest BCUT2D eigenvalue weighted by Gasteiger charge is 2.52. The molecule has 0 saturated carbocycles. The molecule has 2 heteroatoms. The van der Waals surface area contributed by atoms with Crippen LogP contribution in [0.25, 0.3) is 54.9 Å². The van der Waals surface area contributed by atoms with Crippen molar-refractivity contribution in [3.05, 3.63) is 204 Å². The Kier molecular flexibility index (Phi) is 6.89. The average molecular weight is 617 g/mol. The second kappa shape index (κ2) is 11.3. The van der Waals surface area contributed by atoms with Crippen molar-refractivity contribution >= 4 is 21.5 Å². The van der Waals surface area contributed by atoms with E-state index in [-0.39, 0.29) is 5.41 Å². The maximum atomic E-state index is 5.29. The van der Waals surface area contributed by atoms with E-state index in [9.17, 15) is 0 Å². The summed E-state index contributed by atoms with van der Waals surface area (Å²) in [5.41, 5.74) is 26.0. The molecule has 0 aliphatic heterocycles. The lowest BCUT2D eigenvalue weighted by atomic mass is 9.70. The fourth-order valence-electron chi connectivity index (χ4n) is 7.81. The maximum Gasteiger partial charge on any atom is 0.0725 e. The molecule has 7 aromatic rings. The molecule has 2 aliphatic carbocycles. The van der Waals surface area contributed by atoms with Crippen LogP contribution in [0.3, 0.4) is 0 Å². The van der Waals surface area contributed by atoms with Crippen LogP contribution in [0.1, 0.15) is 27.8 Å². The van der Waals surface area contributed by atoms with Crippen LogP contribution in [0, 0.1) is 6.92 Å². The van der Waals surface area contributed by atoms with Crippen molar-refractivity contribution in [3.63, 3.8) is 0 Å². The molecular formula is C46H36N2. The van der Waals surface area contributed by atoms with Crippen molar-refractivity contribution in [1.82, 2.24) is 0 Å². The molecule has 0 radical (unpaired) electrons. The molecule has 0 aromatic heterocycles. The number of aryl methyl sites for hydroxylation is 1. The highest BCUT2D eigenvalue weighted by atomic mass is 14.7. The van der Waals surface area contributed by atoms with Gasteiger partial charge in [0, 0.05) is 0 Å². The Bertz CT molecular complexity index is 2400. The van der Waals surface area contributed by atoms with Gasteiger partial charge in [0.25, 0.3) is 0 Å². The molecule has 230 valence electrons. The molecule has 0 fully saturated rings. The monoisotopic (exact) mass is 616 g/mol. The number of benzene rings is 7. The van der Waals surface area contributed by atoms with Crippen LogP contribution < -0.4 is 11.5 Å². The number of nitrogens with two attached hydrogens (primary N) is 2. The molecule has 0 saturated heterocycles. The Hall–Kier alpha value is -6.12. The molecule has 0 amide bonds. The zero-order valence-corrected chi connectivity index (χ0v) is 27.0. The Morgan fingerprint density at radius 2 is 1.08 bits per heavy atom. The quantitative estimate of drug-likeness (QED) is 0.194. The van der Waals surface area contributed by atoms with Crippen molar-refractivity contribution in [2.24, 2.45) is 11.5 Å². The molecule has 48 heavy (non-hydrogen) atoms. The van der Waals surface area contributed by atoms with Gasteiger partial charge < -0.3 is 11.5 Å². The second-order valence-corrected chi connectivity index (χ2v) is 12.7. The minimum Gasteiger partial charge on any atom is -0.397 e. The summed E-state index contributed by atoms with van der Waals surface area (Å²) in [5, 5.41) is 5.19. The lowest BCUT2D eigenvalue weighted by Crippen LogP contribution is -2.25. The molecule has 0 unspecified atom stereocenters. The van der Waals surface area contributed by atoms with E-state index in [1.165, 1.54) is 94.9 Å². The summed E-state index contributed by atoms with van der Waals surface area (Å²) in [6.45, 7) is 8.98. The number of hydrogen-bond donors (Lipinski definition) is 2. The minimum absolute atomic E-state index is 0.337. The third-order valence-electron chi connectivity index (χ3n) is 10.1. The fraction of sp³-hybridized carbons (Fsp3) is 0.0435. The van der Waals surface area contributed by atoms with Gasteiger partial charge in [-0.2, -0.15) is 0 Å². The lowest BCUT2D eigenvalue weighted by molar-refractivity contribution is 0.795. The van der Waals surface area contributed by atoms with Crippen molar-refractivity contribution < 1.29 is 0 Å². The van der Waals surface area contributed by atoms with Crippen LogP contribution in [0.15, 0.2) is 176 Å². The van der Waals surface area contributed by atoms with E-state index in [1.54, 1.807) is 0 Å². The smallest absolute Gasteiger partial charge is 0.0725 e. The third-order valence-corrected chi connectivity index (χ3v) is 10.1. The molecule has 0 atom stereocenters. The summed E-state index contributed by atoms with van der Waals surface area (Å²) in [5.74, 6) is 0. The van der Waals surface area contributed by atoms with Gasteiger partial charge in [0.05, 0.1) is 16.8 Å². The Labute approximate surface area is 282 Å². The number of hydrogen-bond acceptors (Lipinski definition) is 2. The van der Waals surface area contributed by atoms with Crippen molar-refractivity contribution in [2.45, 2.75) is 12.3 Å². The predicted octanol–water partition coefficient (Wildman–Crippen LogP) is 10.8. The molecule has 1 spiro atoms. The minimum atomic E-state index is -0.337. The lowest BCUT2D eigenvalue weighted by Gasteiger charge is -2.30. The Balaban J connectivity index is 0.000000377. The zero-order valence-electron chi connectivity index (χ0n) is 27.0. The predicted molar refractivity (Wildman–Crippen MR) is 204 cm³/mol. The van der Waals surface area contributed by atoms with E-state index in [2.05, 4.69) is 160 Å². The SMILES string of the molecule is C=C/C(N)=C(/N)C=C.Cc1ccc(-c2ccc3cc4c(cc3c2)C2(c3ccccc3-c3ccccc32)c2ccc3ccccc3c2-4)cc1. The molecule has 0 heterocycles. The van der Waals surface area contributed by atoms with E-state index in [1.807, 2.05) is 0 Å². The van der Waals surface area contributed by atoms with Crippen molar-refractivity contribution in [1.29, 1.82) is 0 Å². The summed E-state index contributed by atoms with van der Waals surface area (Å²) in [7, 11) is 0. The Morgan fingerprint density at radius 1 is 0.500 bits per heavy atom. The highest BCUT2D eigenvalue weighted by molar-refractivity contribution is 6.08. The van der Waals surface area contributed by atoms with Gasteiger partial charge in [-0.1, -0.05) is 140 Å². The number of rotatable bonds is 3. The van der Waals surface area contributed by atoms with Gasteiger partial charge in [0.1, 0.15) is 0 Å². The molecule has 7 aromatic carbocycles. The summed E-state index contributed by atoms with van der Waals surface area (Å²) >= 11 is 0. The van der Waals surface area contributed by atoms with Gasteiger partial charge in [0.15, 0.2) is 0 Å². The van der Waals surface area contributed by atoms with Crippen molar-refractivity contribution in [3.8, 4) is 33.4 Å².